The molecule has 9 nitrogen and oxygen atoms in total. The SMILES string of the molecule is COc1ccc2cn(C[C@@]3(C#Cc4cccc5[nH]ncc45)NC(=O)NC3=O)c(O)c2c1. The first-order valence-corrected chi connectivity index (χ1v) is 9.44. The van der Waals surface area contributed by atoms with Gasteiger partial charge in [0.1, 0.15) is 5.75 Å². The number of nitrogens with one attached hydrogen (secondary N) is 3. The quantitative estimate of drug-likeness (QED) is 0.301. The van der Waals surface area contributed by atoms with E-state index < -0.39 is 17.5 Å². The van der Waals surface area contributed by atoms with E-state index in [1.807, 2.05) is 12.1 Å². The molecule has 5 rings (SSSR count). The Morgan fingerprint density at radius 2 is 2.10 bits per heavy atom. The first-order chi connectivity index (χ1) is 15.0. The number of H-pyrrole nitrogens is 1. The number of hydrogen-bond acceptors (Lipinski definition) is 5. The summed E-state index contributed by atoms with van der Waals surface area (Å²) in [7, 11) is 1.54. The van der Waals surface area contributed by atoms with Crippen LogP contribution in [0.4, 0.5) is 4.79 Å². The maximum atomic E-state index is 12.7. The Kier molecular flexibility index (Phi) is 4.08. The first kappa shape index (κ1) is 18.6. The second kappa shape index (κ2) is 6.81. The van der Waals surface area contributed by atoms with Crippen LogP contribution in [0, 0.1) is 11.8 Å². The molecular weight excluding hydrogens is 398 g/mol. The molecule has 2 aromatic heterocycles. The molecule has 1 fully saturated rings. The fraction of sp³-hybridized carbons (Fsp3) is 0.136. The summed E-state index contributed by atoms with van der Waals surface area (Å²) in [5.41, 5.74) is -0.0882. The number of aromatic amines is 1. The summed E-state index contributed by atoms with van der Waals surface area (Å²) in [4.78, 5) is 24.7. The van der Waals surface area contributed by atoms with Gasteiger partial charge in [0, 0.05) is 27.9 Å². The second-order valence-corrected chi connectivity index (χ2v) is 7.23. The summed E-state index contributed by atoms with van der Waals surface area (Å²) in [6.45, 7) is -0.0816. The van der Waals surface area contributed by atoms with Gasteiger partial charge in [-0.25, -0.2) is 4.79 Å². The van der Waals surface area contributed by atoms with E-state index in [2.05, 4.69) is 32.7 Å². The molecule has 0 radical (unpaired) electrons. The van der Waals surface area contributed by atoms with Crippen molar-refractivity contribution in [1.29, 1.82) is 0 Å². The van der Waals surface area contributed by atoms with Crippen LogP contribution in [-0.4, -0.2) is 44.5 Å². The number of benzene rings is 2. The number of ether oxygens (including phenoxy) is 1. The zero-order valence-corrected chi connectivity index (χ0v) is 16.4. The molecule has 154 valence electrons. The van der Waals surface area contributed by atoms with Gasteiger partial charge in [-0.2, -0.15) is 5.10 Å². The van der Waals surface area contributed by atoms with Gasteiger partial charge in [-0.3, -0.25) is 15.2 Å². The van der Waals surface area contributed by atoms with Crippen LogP contribution in [0.25, 0.3) is 21.7 Å². The zero-order chi connectivity index (χ0) is 21.6. The summed E-state index contributed by atoms with van der Waals surface area (Å²) in [6.07, 6.45) is 3.35. The largest absolute Gasteiger partial charge is 0.497 e. The van der Waals surface area contributed by atoms with Gasteiger partial charge in [0.25, 0.3) is 5.91 Å². The number of methoxy groups -OCH3 is 1. The number of hydrogen-bond donors (Lipinski definition) is 4. The minimum absolute atomic E-state index is 0.0547. The molecule has 2 aromatic carbocycles. The third-order valence-corrected chi connectivity index (χ3v) is 5.31. The van der Waals surface area contributed by atoms with Crippen LogP contribution < -0.4 is 15.4 Å². The van der Waals surface area contributed by atoms with Gasteiger partial charge >= 0.3 is 6.03 Å². The highest BCUT2D eigenvalue weighted by molar-refractivity contribution is 6.09. The molecule has 0 bridgehead atoms. The van der Waals surface area contributed by atoms with E-state index >= 15 is 0 Å². The number of carbonyl (C=O) groups excluding carboxylic acids is 2. The van der Waals surface area contributed by atoms with Gasteiger partial charge in [-0.05, 0) is 30.3 Å². The topological polar surface area (TPSA) is 121 Å². The Bertz CT molecular complexity index is 1420. The maximum Gasteiger partial charge on any atom is 0.323 e. The number of urea groups is 1. The van der Waals surface area contributed by atoms with Crippen molar-refractivity contribution in [1.82, 2.24) is 25.4 Å². The number of aromatic nitrogens is 3. The third-order valence-electron chi connectivity index (χ3n) is 5.31. The Hall–Kier alpha value is -4.45. The van der Waals surface area contributed by atoms with Crippen LogP contribution >= 0.6 is 0 Å². The van der Waals surface area contributed by atoms with Crippen LogP contribution in [0.2, 0.25) is 0 Å². The van der Waals surface area contributed by atoms with Crippen molar-refractivity contribution >= 4 is 33.6 Å². The van der Waals surface area contributed by atoms with Crippen LogP contribution in [0.1, 0.15) is 5.56 Å². The number of carbonyl (C=O) groups is 2. The number of imide groups is 1. The van der Waals surface area contributed by atoms with Gasteiger partial charge in [-0.1, -0.05) is 17.9 Å². The molecule has 1 aliphatic heterocycles. The normalized spacial score (nSPS) is 18.0. The number of nitrogens with zero attached hydrogens (tertiary/aromatic N) is 2. The van der Waals surface area contributed by atoms with Gasteiger partial charge in [0.05, 0.1) is 25.4 Å². The minimum Gasteiger partial charge on any atom is -0.497 e. The lowest BCUT2D eigenvalue weighted by Gasteiger charge is -2.20. The lowest BCUT2D eigenvalue weighted by molar-refractivity contribution is -0.122. The fourth-order valence-corrected chi connectivity index (χ4v) is 3.71. The van der Waals surface area contributed by atoms with Gasteiger partial charge < -0.3 is 19.7 Å². The number of rotatable bonds is 3. The van der Waals surface area contributed by atoms with E-state index in [0.717, 1.165) is 16.3 Å². The van der Waals surface area contributed by atoms with Crippen molar-refractivity contribution < 1.29 is 19.4 Å². The molecule has 4 aromatic rings. The maximum absolute atomic E-state index is 12.7. The highest BCUT2D eigenvalue weighted by atomic mass is 16.5. The summed E-state index contributed by atoms with van der Waals surface area (Å²) in [5.74, 6) is 5.88. The van der Waals surface area contributed by atoms with Crippen LogP contribution in [-0.2, 0) is 11.3 Å². The summed E-state index contributed by atoms with van der Waals surface area (Å²) < 4.78 is 6.70. The van der Waals surface area contributed by atoms with E-state index in [1.54, 1.807) is 43.8 Å². The molecule has 4 N–H and O–H groups in total. The van der Waals surface area contributed by atoms with Crippen LogP contribution in [0.3, 0.4) is 0 Å². The van der Waals surface area contributed by atoms with E-state index in [4.69, 9.17) is 4.74 Å². The number of aromatic hydroxyl groups is 1. The molecule has 3 amide bonds. The van der Waals surface area contributed by atoms with Gasteiger partial charge in [0.2, 0.25) is 5.54 Å². The summed E-state index contributed by atoms with van der Waals surface area (Å²) in [6, 6.07) is 10.1. The lowest BCUT2D eigenvalue weighted by atomic mass is 9.99. The molecular formula is C22H17N5O4. The molecule has 1 aliphatic rings. The monoisotopic (exact) mass is 415 g/mol. The van der Waals surface area contributed by atoms with Crippen molar-refractivity contribution in [3.05, 3.63) is 54.4 Å². The first-order valence-electron chi connectivity index (χ1n) is 9.44. The Labute approximate surface area is 176 Å². The van der Waals surface area contributed by atoms with E-state index in [0.29, 0.717) is 16.7 Å². The highest BCUT2D eigenvalue weighted by Gasteiger charge is 2.46. The fourth-order valence-electron chi connectivity index (χ4n) is 3.71. The van der Waals surface area contributed by atoms with Crippen molar-refractivity contribution in [2.75, 3.05) is 7.11 Å². The van der Waals surface area contributed by atoms with Crippen molar-refractivity contribution in [2.24, 2.45) is 0 Å². The molecule has 0 aliphatic carbocycles. The summed E-state index contributed by atoms with van der Waals surface area (Å²) in [5, 5.41) is 24.6. The molecule has 9 heteroatoms. The Morgan fingerprint density at radius 3 is 2.87 bits per heavy atom. The van der Waals surface area contributed by atoms with Gasteiger partial charge in [-0.15, -0.1) is 0 Å². The smallest absolute Gasteiger partial charge is 0.323 e. The van der Waals surface area contributed by atoms with Gasteiger partial charge in [0.15, 0.2) is 5.88 Å². The molecule has 0 unspecified atom stereocenters. The average Bonchev–Trinajstić information content (AvgIpc) is 3.43. The van der Waals surface area contributed by atoms with Crippen LogP contribution in [0.5, 0.6) is 11.6 Å². The third kappa shape index (κ3) is 3.02. The number of amides is 3. The lowest BCUT2D eigenvalue weighted by Crippen LogP contribution is -2.49. The van der Waals surface area contributed by atoms with Crippen LogP contribution in [0.15, 0.2) is 48.8 Å². The molecule has 1 atom stereocenters. The molecule has 0 spiro atoms. The van der Waals surface area contributed by atoms with Crippen molar-refractivity contribution in [3.63, 3.8) is 0 Å². The zero-order valence-electron chi connectivity index (χ0n) is 16.4. The average molecular weight is 415 g/mol. The predicted molar refractivity (Wildman–Crippen MR) is 113 cm³/mol. The molecule has 31 heavy (non-hydrogen) atoms. The Balaban J connectivity index is 1.59. The summed E-state index contributed by atoms with van der Waals surface area (Å²) >= 11 is 0. The van der Waals surface area contributed by atoms with Crippen molar-refractivity contribution in [3.8, 4) is 23.5 Å². The number of fused-ring (bicyclic) bond motifs is 2. The predicted octanol–water partition coefficient (Wildman–Crippen LogP) is 1.86. The van der Waals surface area contributed by atoms with E-state index in [-0.39, 0.29) is 12.4 Å². The van der Waals surface area contributed by atoms with E-state index in [9.17, 15) is 14.7 Å². The highest BCUT2D eigenvalue weighted by Crippen LogP contribution is 2.32. The molecule has 3 heterocycles. The van der Waals surface area contributed by atoms with Crippen molar-refractivity contribution in [2.45, 2.75) is 12.1 Å². The molecule has 0 saturated carbocycles. The second-order valence-electron chi connectivity index (χ2n) is 7.23. The van der Waals surface area contributed by atoms with E-state index in [1.165, 1.54) is 4.57 Å². The Morgan fingerprint density at radius 1 is 1.23 bits per heavy atom. The standard InChI is InChI=1S/C22H17N5O4/c1-31-15-6-5-14-11-27(19(28)16(14)9-15)12-22(20(29)24-21(30)25-22)8-7-13-3-2-4-18-17(13)10-23-26-18/h2-6,9-11,28H,12H2,1H3,(H,23,26)(H2,24,25,29,30)/t22-/m1/s1. The minimum atomic E-state index is -1.56. The molecule has 1 saturated heterocycles.